The third kappa shape index (κ3) is 4.63. The van der Waals surface area contributed by atoms with Gasteiger partial charge >= 0.3 is 0 Å². The minimum Gasteiger partial charge on any atom is -0.143 e. The van der Waals surface area contributed by atoms with Crippen molar-refractivity contribution in [1.82, 2.24) is 0 Å². The van der Waals surface area contributed by atoms with Gasteiger partial charge in [-0.2, -0.15) is 0 Å². The van der Waals surface area contributed by atoms with Crippen molar-refractivity contribution in [3.63, 3.8) is 0 Å². The van der Waals surface area contributed by atoms with E-state index in [0.717, 1.165) is 15.4 Å². The minimum atomic E-state index is 0.432. The molecular weight excluding hydrogens is 196 g/mol. The second-order valence-corrected chi connectivity index (χ2v) is 4.56. The molecule has 0 radical (unpaired) electrons. The third-order valence-corrected chi connectivity index (χ3v) is 2.80. The van der Waals surface area contributed by atoms with Crippen LogP contribution in [-0.4, -0.2) is 0 Å². The van der Waals surface area contributed by atoms with Crippen LogP contribution in [0.1, 0.15) is 27.7 Å². The van der Waals surface area contributed by atoms with E-state index in [0.29, 0.717) is 5.92 Å². The molecule has 0 aliphatic carbocycles. The van der Waals surface area contributed by atoms with Crippen LogP contribution in [0.2, 0.25) is 0 Å². The van der Waals surface area contributed by atoms with Gasteiger partial charge in [-0.05, 0) is 31.4 Å². The summed E-state index contributed by atoms with van der Waals surface area (Å²) in [4.78, 5) is 1.88. The van der Waals surface area contributed by atoms with Gasteiger partial charge in [0.25, 0.3) is 0 Å². The summed E-state index contributed by atoms with van der Waals surface area (Å²) in [6.07, 6.45) is 1.95. The summed E-state index contributed by atoms with van der Waals surface area (Å²) in [6.45, 7) is 12.2. The van der Waals surface area contributed by atoms with Crippen molar-refractivity contribution < 1.29 is 0 Å². The molecule has 0 fully saturated rings. The van der Waals surface area contributed by atoms with Gasteiger partial charge in [0.2, 0.25) is 0 Å². The average Bonchev–Trinajstić information content (AvgIpc) is 2.02. The predicted octanol–water partition coefficient (Wildman–Crippen LogP) is 4.24. The number of hydrogen-bond acceptors (Lipinski definition) is 2. The fraction of sp³-hybridized carbons (Fsp3) is 0.455. The summed E-state index contributed by atoms with van der Waals surface area (Å²) in [7, 11) is 0. The fourth-order valence-corrected chi connectivity index (χ4v) is 1.28. The van der Waals surface area contributed by atoms with Crippen LogP contribution in [0, 0.1) is 5.92 Å². The minimum absolute atomic E-state index is 0.432. The maximum absolute atomic E-state index is 4.38. The van der Waals surface area contributed by atoms with Gasteiger partial charge in [0.05, 0.1) is 0 Å². The Hall–Kier alpha value is -0.0800. The zero-order valence-electron chi connectivity index (χ0n) is 8.76. The van der Waals surface area contributed by atoms with Gasteiger partial charge in [-0.25, -0.2) is 0 Å². The lowest BCUT2D eigenvalue weighted by Crippen LogP contribution is -1.92. The highest BCUT2D eigenvalue weighted by molar-refractivity contribution is 7.86. The number of rotatable bonds is 3. The molecule has 0 rings (SSSR count). The topological polar surface area (TPSA) is 0 Å². The first-order valence-corrected chi connectivity index (χ1v) is 5.22. The van der Waals surface area contributed by atoms with Crippen LogP contribution in [0.25, 0.3) is 0 Å². The molecule has 0 saturated carbocycles. The molecule has 0 aromatic heterocycles. The SMILES string of the molecule is C=C(/C(S)=C\C(S)=C(C)C)C(C)C. The van der Waals surface area contributed by atoms with Gasteiger partial charge in [-0.3, -0.25) is 0 Å². The van der Waals surface area contributed by atoms with Gasteiger partial charge in [0.1, 0.15) is 0 Å². The summed E-state index contributed by atoms with van der Waals surface area (Å²) in [6, 6.07) is 0. The van der Waals surface area contributed by atoms with Gasteiger partial charge in [0, 0.05) is 9.81 Å². The molecule has 0 aromatic carbocycles. The van der Waals surface area contributed by atoms with Crippen LogP contribution in [0.4, 0.5) is 0 Å². The molecule has 0 aliphatic heterocycles. The molecule has 0 saturated heterocycles. The van der Waals surface area contributed by atoms with Crippen molar-refractivity contribution in [2.45, 2.75) is 27.7 Å². The van der Waals surface area contributed by atoms with Crippen LogP contribution in [0.15, 0.2) is 33.6 Å². The van der Waals surface area contributed by atoms with Crippen LogP contribution in [-0.2, 0) is 0 Å². The molecule has 2 heteroatoms. The third-order valence-electron chi connectivity index (χ3n) is 1.81. The summed E-state index contributed by atoms with van der Waals surface area (Å²) >= 11 is 8.72. The molecule has 0 spiro atoms. The summed E-state index contributed by atoms with van der Waals surface area (Å²) < 4.78 is 0. The van der Waals surface area contributed by atoms with E-state index in [4.69, 9.17) is 0 Å². The Kier molecular flexibility index (Phi) is 5.57. The van der Waals surface area contributed by atoms with E-state index in [9.17, 15) is 0 Å². The van der Waals surface area contributed by atoms with E-state index < -0.39 is 0 Å². The quantitative estimate of drug-likeness (QED) is 0.509. The number of thiol groups is 2. The predicted molar refractivity (Wildman–Crippen MR) is 68.4 cm³/mol. The second kappa shape index (κ2) is 5.61. The average molecular weight is 214 g/mol. The Bertz CT molecular complexity index is 253. The van der Waals surface area contributed by atoms with Crippen molar-refractivity contribution in [3.05, 3.63) is 33.6 Å². The lowest BCUT2D eigenvalue weighted by molar-refractivity contribution is 0.792. The molecular formula is C11H18S2. The van der Waals surface area contributed by atoms with Gasteiger partial charge in [0.15, 0.2) is 0 Å². The van der Waals surface area contributed by atoms with Gasteiger partial charge in [-0.15, -0.1) is 25.3 Å². The number of allylic oxidation sites excluding steroid dienone is 3. The first-order valence-electron chi connectivity index (χ1n) is 4.32. The normalized spacial score (nSPS) is 11.8. The van der Waals surface area contributed by atoms with E-state index in [2.05, 4.69) is 45.7 Å². The Labute approximate surface area is 92.6 Å². The molecule has 0 nitrogen and oxygen atoms in total. The molecule has 0 aliphatic rings. The Morgan fingerprint density at radius 3 is 2.00 bits per heavy atom. The molecule has 0 bridgehead atoms. The fourth-order valence-electron chi connectivity index (χ4n) is 0.662. The van der Waals surface area contributed by atoms with Crippen molar-refractivity contribution in [3.8, 4) is 0 Å². The standard InChI is InChI=1S/C11H18S2/c1-7(2)9(5)11(13)6-10(12)8(3)4/h6-7,12-13H,5H2,1-4H3/b11-6+. The Morgan fingerprint density at radius 1 is 1.23 bits per heavy atom. The van der Waals surface area contributed by atoms with Crippen LogP contribution >= 0.6 is 25.3 Å². The zero-order chi connectivity index (χ0) is 10.6. The first-order chi connectivity index (χ1) is 5.86. The van der Waals surface area contributed by atoms with Crippen molar-refractivity contribution >= 4 is 25.3 Å². The highest BCUT2D eigenvalue weighted by Gasteiger charge is 2.03. The van der Waals surface area contributed by atoms with Crippen LogP contribution < -0.4 is 0 Å². The summed E-state index contributed by atoms with van der Waals surface area (Å²) in [5, 5.41) is 0. The van der Waals surface area contributed by atoms with E-state index >= 15 is 0 Å². The highest BCUT2D eigenvalue weighted by atomic mass is 32.1. The summed E-state index contributed by atoms with van der Waals surface area (Å²) in [5.41, 5.74) is 2.24. The summed E-state index contributed by atoms with van der Waals surface area (Å²) in [5.74, 6) is 0.432. The second-order valence-electron chi connectivity index (χ2n) is 3.59. The molecule has 0 atom stereocenters. The molecule has 0 aromatic rings. The largest absolute Gasteiger partial charge is 0.143 e. The molecule has 74 valence electrons. The van der Waals surface area contributed by atoms with Crippen LogP contribution in [0.3, 0.4) is 0 Å². The lowest BCUT2D eigenvalue weighted by Gasteiger charge is -2.09. The maximum atomic E-state index is 4.38. The van der Waals surface area contributed by atoms with Gasteiger partial charge < -0.3 is 0 Å². The van der Waals surface area contributed by atoms with E-state index in [1.807, 2.05) is 19.9 Å². The van der Waals surface area contributed by atoms with E-state index in [1.54, 1.807) is 0 Å². The molecule has 13 heavy (non-hydrogen) atoms. The monoisotopic (exact) mass is 214 g/mol. The van der Waals surface area contributed by atoms with Gasteiger partial charge in [-0.1, -0.05) is 26.0 Å². The maximum Gasteiger partial charge on any atom is 0.00797 e. The Balaban J connectivity index is 4.70. The van der Waals surface area contributed by atoms with Crippen molar-refractivity contribution in [1.29, 1.82) is 0 Å². The number of hydrogen-bond donors (Lipinski definition) is 2. The van der Waals surface area contributed by atoms with Crippen molar-refractivity contribution in [2.24, 2.45) is 5.92 Å². The van der Waals surface area contributed by atoms with E-state index in [1.165, 1.54) is 5.57 Å². The molecule has 0 heterocycles. The Morgan fingerprint density at radius 2 is 1.69 bits per heavy atom. The lowest BCUT2D eigenvalue weighted by atomic mass is 10.0. The van der Waals surface area contributed by atoms with Crippen LogP contribution in [0.5, 0.6) is 0 Å². The smallest absolute Gasteiger partial charge is 0.00797 e. The first kappa shape index (κ1) is 12.9. The highest BCUT2D eigenvalue weighted by Crippen LogP contribution is 2.23. The molecule has 0 N–H and O–H groups in total. The van der Waals surface area contributed by atoms with E-state index in [-0.39, 0.29) is 0 Å². The molecule has 0 unspecified atom stereocenters. The molecule has 0 amide bonds. The van der Waals surface area contributed by atoms with Crippen molar-refractivity contribution in [2.75, 3.05) is 0 Å². The zero-order valence-corrected chi connectivity index (χ0v) is 10.5.